The quantitative estimate of drug-likeness (QED) is 0.643. The predicted octanol–water partition coefficient (Wildman–Crippen LogP) is 4.18. The largest absolute Gasteiger partial charge is 0.459 e. The van der Waals surface area contributed by atoms with Crippen LogP contribution in [0.1, 0.15) is 42.5 Å². The molecular weight excluding hydrogens is 362 g/mol. The second-order valence-electron chi connectivity index (χ2n) is 6.66. The molecule has 0 fully saturated rings. The number of hydrogen-bond donors (Lipinski definition) is 1. The van der Waals surface area contributed by atoms with Crippen LogP contribution in [0.4, 0.5) is 0 Å². The van der Waals surface area contributed by atoms with Crippen molar-refractivity contribution >= 4 is 17.7 Å². The minimum absolute atomic E-state index is 0.0355. The number of nitrogens with one attached hydrogen (secondary N) is 1. The van der Waals surface area contributed by atoms with Crippen molar-refractivity contribution in [2.24, 2.45) is 0 Å². The van der Waals surface area contributed by atoms with Gasteiger partial charge in [0, 0.05) is 0 Å². The van der Waals surface area contributed by atoms with Gasteiger partial charge in [0.2, 0.25) is 5.91 Å². The molecule has 0 radical (unpaired) electrons. The summed E-state index contributed by atoms with van der Waals surface area (Å²) in [5.41, 5.74) is 4.01. The Morgan fingerprint density at radius 2 is 2.07 bits per heavy atom. The van der Waals surface area contributed by atoms with Gasteiger partial charge in [-0.25, -0.2) is 0 Å². The van der Waals surface area contributed by atoms with Crippen LogP contribution in [-0.4, -0.2) is 21.9 Å². The normalized spacial score (nSPS) is 14.6. The van der Waals surface area contributed by atoms with Crippen molar-refractivity contribution in [2.45, 2.75) is 43.9 Å². The lowest BCUT2D eigenvalue weighted by atomic mass is 9.89. The predicted molar refractivity (Wildman–Crippen MR) is 102 cm³/mol. The van der Waals surface area contributed by atoms with Crippen molar-refractivity contribution in [3.05, 3.63) is 53.3 Å². The zero-order chi connectivity index (χ0) is 18.6. The molecule has 0 spiro atoms. The van der Waals surface area contributed by atoms with Crippen molar-refractivity contribution in [2.75, 3.05) is 5.75 Å². The van der Waals surface area contributed by atoms with Crippen LogP contribution in [0.3, 0.4) is 0 Å². The number of nitrogens with zero attached hydrogens (tertiary/aromatic N) is 2. The van der Waals surface area contributed by atoms with Gasteiger partial charge in [0.25, 0.3) is 11.1 Å². The first kappa shape index (κ1) is 17.9. The highest BCUT2D eigenvalue weighted by Crippen LogP contribution is 2.26. The third-order valence-corrected chi connectivity index (χ3v) is 5.53. The van der Waals surface area contributed by atoms with Gasteiger partial charge in [-0.1, -0.05) is 30.0 Å². The van der Waals surface area contributed by atoms with E-state index in [4.69, 9.17) is 8.83 Å². The Hall–Kier alpha value is -2.54. The Kier molecular flexibility index (Phi) is 5.29. The van der Waals surface area contributed by atoms with Crippen LogP contribution >= 0.6 is 11.8 Å². The van der Waals surface area contributed by atoms with Crippen LogP contribution < -0.4 is 5.32 Å². The van der Waals surface area contributed by atoms with E-state index >= 15 is 0 Å². The molecule has 1 aromatic carbocycles. The minimum atomic E-state index is -0.0667. The fraction of sp³-hybridized carbons (Fsp3) is 0.350. The number of furan rings is 1. The molecule has 7 heteroatoms. The highest BCUT2D eigenvalue weighted by molar-refractivity contribution is 7.99. The van der Waals surface area contributed by atoms with E-state index in [0.717, 1.165) is 18.4 Å². The number of rotatable bonds is 6. The number of thioether (sulfide) groups is 1. The molecule has 1 amide bonds. The van der Waals surface area contributed by atoms with E-state index in [9.17, 15) is 4.79 Å². The Labute approximate surface area is 161 Å². The van der Waals surface area contributed by atoms with E-state index in [0.29, 0.717) is 16.9 Å². The zero-order valence-corrected chi connectivity index (χ0v) is 15.9. The molecular formula is C20H21N3O3S. The van der Waals surface area contributed by atoms with E-state index in [1.54, 1.807) is 18.4 Å². The van der Waals surface area contributed by atoms with Gasteiger partial charge in [0.15, 0.2) is 5.76 Å². The van der Waals surface area contributed by atoms with Gasteiger partial charge in [0.1, 0.15) is 0 Å². The van der Waals surface area contributed by atoms with Crippen molar-refractivity contribution in [1.29, 1.82) is 0 Å². The number of carbonyl (C=O) groups excluding carboxylic acids is 1. The number of carbonyl (C=O) groups is 1. The Balaban J connectivity index is 1.31. The molecule has 27 heavy (non-hydrogen) atoms. The summed E-state index contributed by atoms with van der Waals surface area (Å²) >= 11 is 1.21. The molecule has 0 aliphatic heterocycles. The average Bonchev–Trinajstić information content (AvgIpc) is 3.37. The van der Waals surface area contributed by atoms with Crippen molar-refractivity contribution < 1.29 is 13.6 Å². The molecule has 140 valence electrons. The van der Waals surface area contributed by atoms with Gasteiger partial charge in [-0.3, -0.25) is 4.79 Å². The van der Waals surface area contributed by atoms with Crippen LogP contribution in [-0.2, 0) is 17.6 Å². The number of fused-ring (bicyclic) bond motifs is 1. The van der Waals surface area contributed by atoms with Crippen molar-refractivity contribution in [1.82, 2.24) is 15.5 Å². The van der Waals surface area contributed by atoms with Gasteiger partial charge < -0.3 is 14.2 Å². The van der Waals surface area contributed by atoms with Crippen LogP contribution in [0.5, 0.6) is 0 Å². The first-order valence-electron chi connectivity index (χ1n) is 9.10. The number of hydrogen-bond acceptors (Lipinski definition) is 6. The van der Waals surface area contributed by atoms with Crippen LogP contribution in [0, 0.1) is 0 Å². The molecule has 3 aromatic rings. The van der Waals surface area contributed by atoms with E-state index in [2.05, 4.69) is 33.7 Å². The van der Waals surface area contributed by atoms with Crippen LogP contribution in [0.2, 0.25) is 0 Å². The molecule has 0 saturated carbocycles. The van der Waals surface area contributed by atoms with Gasteiger partial charge in [-0.05, 0) is 61.4 Å². The number of aryl methyl sites for hydroxylation is 2. The topological polar surface area (TPSA) is 81.2 Å². The van der Waals surface area contributed by atoms with Gasteiger partial charge >= 0.3 is 0 Å². The third-order valence-electron chi connectivity index (χ3n) is 4.72. The zero-order valence-electron chi connectivity index (χ0n) is 15.1. The molecule has 2 aromatic heterocycles. The van der Waals surface area contributed by atoms with E-state index < -0.39 is 0 Å². The second-order valence-corrected chi connectivity index (χ2v) is 7.59. The molecule has 6 nitrogen and oxygen atoms in total. The maximum absolute atomic E-state index is 12.3. The highest BCUT2D eigenvalue weighted by Gasteiger charge is 2.16. The summed E-state index contributed by atoms with van der Waals surface area (Å²) in [7, 11) is 0. The summed E-state index contributed by atoms with van der Waals surface area (Å²) in [6.07, 6.45) is 6.36. The summed E-state index contributed by atoms with van der Waals surface area (Å²) < 4.78 is 10.7. The van der Waals surface area contributed by atoms with Crippen molar-refractivity contribution in [3.8, 4) is 11.7 Å². The fourth-order valence-electron chi connectivity index (χ4n) is 3.28. The monoisotopic (exact) mass is 383 g/mol. The Morgan fingerprint density at radius 3 is 2.89 bits per heavy atom. The lowest BCUT2D eigenvalue weighted by molar-refractivity contribution is -0.119. The van der Waals surface area contributed by atoms with Crippen LogP contribution in [0.15, 0.2) is 50.7 Å². The Bertz CT molecular complexity index is 920. The molecule has 1 aliphatic carbocycles. The fourth-order valence-corrected chi connectivity index (χ4v) is 3.86. The summed E-state index contributed by atoms with van der Waals surface area (Å²) in [5, 5.41) is 11.2. The van der Waals surface area contributed by atoms with Gasteiger partial charge in [-0.2, -0.15) is 0 Å². The Morgan fingerprint density at radius 1 is 1.22 bits per heavy atom. The van der Waals surface area contributed by atoms with E-state index in [1.807, 2.05) is 6.92 Å². The van der Waals surface area contributed by atoms with Crippen LogP contribution in [0.25, 0.3) is 11.7 Å². The lowest BCUT2D eigenvalue weighted by Gasteiger charge is -2.20. The van der Waals surface area contributed by atoms with Gasteiger partial charge in [-0.15, -0.1) is 10.2 Å². The summed E-state index contributed by atoms with van der Waals surface area (Å²) in [6, 6.07) is 10.0. The first-order chi connectivity index (χ1) is 13.2. The average molecular weight is 383 g/mol. The number of amides is 1. The minimum Gasteiger partial charge on any atom is -0.459 e. The molecule has 1 atom stereocenters. The first-order valence-corrected chi connectivity index (χ1v) is 10.1. The lowest BCUT2D eigenvalue weighted by Crippen LogP contribution is -2.28. The maximum atomic E-state index is 12.3. The van der Waals surface area contributed by atoms with E-state index in [-0.39, 0.29) is 17.7 Å². The van der Waals surface area contributed by atoms with Crippen molar-refractivity contribution in [3.63, 3.8) is 0 Å². The molecule has 1 unspecified atom stereocenters. The molecule has 4 rings (SSSR count). The van der Waals surface area contributed by atoms with Gasteiger partial charge in [0.05, 0.1) is 18.1 Å². The molecule has 0 saturated heterocycles. The second kappa shape index (κ2) is 8.00. The molecule has 2 heterocycles. The number of aromatic nitrogens is 2. The SMILES string of the molecule is CC(NC(=O)CSc1nnc(-c2ccco2)o1)c1ccc2c(c1)CCCC2. The molecule has 1 aliphatic rings. The maximum Gasteiger partial charge on any atom is 0.284 e. The standard InChI is InChI=1S/C20H21N3O3S/c1-13(15-9-8-14-5-2-3-6-16(14)11-15)21-18(24)12-27-20-23-22-19(26-20)17-7-4-10-25-17/h4,7-11,13H,2-3,5-6,12H2,1H3,(H,21,24). The smallest absolute Gasteiger partial charge is 0.284 e. The van der Waals surface area contributed by atoms with E-state index in [1.165, 1.54) is 35.7 Å². The number of benzene rings is 1. The molecule has 1 N–H and O–H groups in total. The summed E-state index contributed by atoms with van der Waals surface area (Å²) in [4.78, 5) is 12.3. The summed E-state index contributed by atoms with van der Waals surface area (Å²) in [6.45, 7) is 2.01. The summed E-state index contributed by atoms with van der Waals surface area (Å²) in [5.74, 6) is 0.975. The molecule has 0 bridgehead atoms. The highest BCUT2D eigenvalue weighted by atomic mass is 32.2. The third kappa shape index (κ3) is 4.24.